The molecule has 1 aliphatic heterocycles. The fraction of sp³-hybridized carbons (Fsp3) is 0.905. The van der Waals surface area contributed by atoms with Crippen molar-refractivity contribution in [3.63, 3.8) is 0 Å². The summed E-state index contributed by atoms with van der Waals surface area (Å²) >= 11 is 0. The molecule has 26 heavy (non-hydrogen) atoms. The molecular weight excluding hydrogens is 326 g/mol. The Morgan fingerprint density at radius 1 is 0.962 bits per heavy atom. The zero-order valence-corrected chi connectivity index (χ0v) is 16.9. The third-order valence-electron chi connectivity index (χ3n) is 5.31. The maximum atomic E-state index is 12.4. The van der Waals surface area contributed by atoms with Gasteiger partial charge in [0.15, 0.2) is 0 Å². The number of rotatable bonds is 15. The SMILES string of the molecule is CCCCCCCCCCCCCC(=O)N1CCCC1C(=O)NCCN. The van der Waals surface area contributed by atoms with Gasteiger partial charge in [0.1, 0.15) is 6.04 Å². The number of hydrogen-bond acceptors (Lipinski definition) is 3. The zero-order chi connectivity index (χ0) is 19.0. The van der Waals surface area contributed by atoms with Crippen LogP contribution in [0.1, 0.15) is 96.8 Å². The van der Waals surface area contributed by atoms with E-state index in [1.54, 1.807) is 4.90 Å². The van der Waals surface area contributed by atoms with E-state index in [9.17, 15) is 9.59 Å². The van der Waals surface area contributed by atoms with Crippen molar-refractivity contribution in [2.75, 3.05) is 19.6 Å². The first kappa shape index (κ1) is 22.9. The molecule has 2 amide bonds. The number of nitrogens with two attached hydrogens (primary N) is 1. The van der Waals surface area contributed by atoms with Crippen LogP contribution in [-0.4, -0.2) is 42.4 Å². The molecule has 0 radical (unpaired) electrons. The number of carbonyl (C=O) groups is 2. The molecular formula is C21H41N3O2. The Labute approximate surface area is 160 Å². The molecule has 1 saturated heterocycles. The monoisotopic (exact) mass is 367 g/mol. The average molecular weight is 368 g/mol. The van der Waals surface area contributed by atoms with Crippen molar-refractivity contribution >= 4 is 11.8 Å². The van der Waals surface area contributed by atoms with Crippen molar-refractivity contribution in [3.8, 4) is 0 Å². The van der Waals surface area contributed by atoms with Gasteiger partial charge in [-0.3, -0.25) is 9.59 Å². The number of amides is 2. The van der Waals surface area contributed by atoms with Gasteiger partial charge in [0.2, 0.25) is 11.8 Å². The fourth-order valence-corrected chi connectivity index (χ4v) is 3.74. The molecule has 1 atom stereocenters. The second-order valence-electron chi connectivity index (χ2n) is 7.61. The van der Waals surface area contributed by atoms with Gasteiger partial charge in [0.25, 0.3) is 0 Å². The Kier molecular flexibility index (Phi) is 13.2. The van der Waals surface area contributed by atoms with Gasteiger partial charge < -0.3 is 16.0 Å². The van der Waals surface area contributed by atoms with E-state index in [1.807, 2.05) is 0 Å². The molecule has 0 saturated carbocycles. The van der Waals surface area contributed by atoms with Crippen LogP contribution in [0.2, 0.25) is 0 Å². The molecule has 1 unspecified atom stereocenters. The van der Waals surface area contributed by atoms with Crippen molar-refractivity contribution in [1.29, 1.82) is 0 Å². The molecule has 1 aliphatic rings. The molecule has 0 aliphatic carbocycles. The highest BCUT2D eigenvalue weighted by Crippen LogP contribution is 2.20. The molecule has 5 heteroatoms. The van der Waals surface area contributed by atoms with Crippen molar-refractivity contribution in [3.05, 3.63) is 0 Å². The first-order chi connectivity index (χ1) is 12.7. The molecule has 0 aromatic rings. The van der Waals surface area contributed by atoms with Gasteiger partial charge in [-0.1, -0.05) is 71.1 Å². The number of nitrogens with zero attached hydrogens (tertiary/aromatic N) is 1. The Hall–Kier alpha value is -1.10. The first-order valence-electron chi connectivity index (χ1n) is 11.0. The molecule has 5 nitrogen and oxygen atoms in total. The Morgan fingerprint density at radius 3 is 2.12 bits per heavy atom. The van der Waals surface area contributed by atoms with E-state index >= 15 is 0 Å². The van der Waals surface area contributed by atoms with Crippen LogP contribution in [0.4, 0.5) is 0 Å². The van der Waals surface area contributed by atoms with E-state index in [1.165, 1.54) is 57.8 Å². The number of carbonyl (C=O) groups excluding carboxylic acids is 2. The summed E-state index contributed by atoms with van der Waals surface area (Å²) < 4.78 is 0. The number of hydrogen-bond donors (Lipinski definition) is 2. The van der Waals surface area contributed by atoms with Crippen molar-refractivity contribution < 1.29 is 9.59 Å². The van der Waals surface area contributed by atoms with Gasteiger partial charge in [-0.25, -0.2) is 0 Å². The quantitative estimate of drug-likeness (QED) is 0.433. The topological polar surface area (TPSA) is 75.4 Å². The van der Waals surface area contributed by atoms with Crippen LogP contribution < -0.4 is 11.1 Å². The highest BCUT2D eigenvalue weighted by Gasteiger charge is 2.33. The largest absolute Gasteiger partial charge is 0.353 e. The van der Waals surface area contributed by atoms with Crippen LogP contribution in [-0.2, 0) is 9.59 Å². The minimum atomic E-state index is -0.276. The Balaban J connectivity index is 2.04. The Morgan fingerprint density at radius 2 is 1.54 bits per heavy atom. The third-order valence-corrected chi connectivity index (χ3v) is 5.31. The van der Waals surface area contributed by atoms with Gasteiger partial charge in [0.05, 0.1) is 0 Å². The van der Waals surface area contributed by atoms with Crippen molar-refractivity contribution in [2.24, 2.45) is 5.73 Å². The van der Waals surface area contributed by atoms with Gasteiger partial charge in [0, 0.05) is 26.1 Å². The molecule has 1 fully saturated rings. The van der Waals surface area contributed by atoms with E-state index in [-0.39, 0.29) is 17.9 Å². The summed E-state index contributed by atoms with van der Waals surface area (Å²) in [6.45, 7) is 3.89. The van der Waals surface area contributed by atoms with Crippen LogP contribution in [0.25, 0.3) is 0 Å². The van der Waals surface area contributed by atoms with Crippen LogP contribution >= 0.6 is 0 Å². The number of unbranched alkanes of at least 4 members (excludes halogenated alkanes) is 10. The molecule has 0 aromatic heterocycles. The predicted octanol–water partition coefficient (Wildman–Crippen LogP) is 3.75. The van der Waals surface area contributed by atoms with Crippen molar-refractivity contribution in [2.45, 2.75) is 103 Å². The zero-order valence-electron chi connectivity index (χ0n) is 16.9. The summed E-state index contributed by atoms with van der Waals surface area (Å²) in [4.78, 5) is 26.3. The van der Waals surface area contributed by atoms with Crippen LogP contribution in [0, 0.1) is 0 Å². The lowest BCUT2D eigenvalue weighted by Crippen LogP contribution is -2.46. The van der Waals surface area contributed by atoms with Crippen LogP contribution in [0.15, 0.2) is 0 Å². The highest BCUT2D eigenvalue weighted by molar-refractivity contribution is 5.88. The molecule has 1 rings (SSSR count). The minimum Gasteiger partial charge on any atom is -0.353 e. The number of likely N-dealkylation sites (tertiary alicyclic amines) is 1. The summed E-state index contributed by atoms with van der Waals surface area (Å²) in [5, 5.41) is 2.81. The smallest absolute Gasteiger partial charge is 0.242 e. The molecule has 0 aromatic carbocycles. The highest BCUT2D eigenvalue weighted by atomic mass is 16.2. The molecule has 0 bridgehead atoms. The molecule has 1 heterocycles. The average Bonchev–Trinajstić information content (AvgIpc) is 3.14. The van der Waals surface area contributed by atoms with Gasteiger partial charge >= 0.3 is 0 Å². The lowest BCUT2D eigenvalue weighted by Gasteiger charge is -2.24. The Bertz CT molecular complexity index is 387. The second-order valence-corrected chi connectivity index (χ2v) is 7.61. The molecule has 152 valence electrons. The predicted molar refractivity (Wildman–Crippen MR) is 108 cm³/mol. The van der Waals surface area contributed by atoms with E-state index in [0.717, 1.165) is 32.2 Å². The maximum absolute atomic E-state index is 12.4. The van der Waals surface area contributed by atoms with E-state index in [4.69, 9.17) is 5.73 Å². The van der Waals surface area contributed by atoms with Gasteiger partial charge in [-0.05, 0) is 19.3 Å². The van der Waals surface area contributed by atoms with Crippen molar-refractivity contribution in [1.82, 2.24) is 10.2 Å². The second kappa shape index (κ2) is 15.0. The lowest BCUT2D eigenvalue weighted by molar-refractivity contribution is -0.138. The standard InChI is InChI=1S/C21H41N3O2/c1-2-3-4-5-6-7-8-9-10-11-12-15-20(25)24-18-13-14-19(24)21(26)23-17-16-22/h19H,2-18,22H2,1H3,(H,23,26). The summed E-state index contributed by atoms with van der Waals surface area (Å²) in [6.07, 6.45) is 16.4. The van der Waals surface area contributed by atoms with E-state index in [2.05, 4.69) is 12.2 Å². The van der Waals surface area contributed by atoms with E-state index < -0.39 is 0 Å². The van der Waals surface area contributed by atoms with Gasteiger partial charge in [-0.2, -0.15) is 0 Å². The normalized spacial score (nSPS) is 16.8. The third kappa shape index (κ3) is 9.56. The maximum Gasteiger partial charge on any atom is 0.242 e. The summed E-state index contributed by atoms with van der Waals surface area (Å²) in [5.74, 6) is 0.103. The molecule has 0 spiro atoms. The first-order valence-corrected chi connectivity index (χ1v) is 11.0. The van der Waals surface area contributed by atoms with Crippen LogP contribution in [0.5, 0.6) is 0 Å². The molecule has 3 N–H and O–H groups in total. The van der Waals surface area contributed by atoms with Crippen LogP contribution in [0.3, 0.4) is 0 Å². The summed E-state index contributed by atoms with van der Waals surface area (Å²) in [5.41, 5.74) is 5.43. The summed E-state index contributed by atoms with van der Waals surface area (Å²) in [7, 11) is 0. The van der Waals surface area contributed by atoms with Gasteiger partial charge in [-0.15, -0.1) is 0 Å². The minimum absolute atomic E-state index is 0.0414. The lowest BCUT2D eigenvalue weighted by atomic mass is 10.0. The van der Waals surface area contributed by atoms with E-state index in [0.29, 0.717) is 19.5 Å². The number of nitrogens with one attached hydrogen (secondary N) is 1. The fourth-order valence-electron chi connectivity index (χ4n) is 3.74. The summed E-state index contributed by atoms with van der Waals surface area (Å²) in [6, 6.07) is -0.276.